The third kappa shape index (κ3) is 3.90. The highest BCUT2D eigenvalue weighted by atomic mass is 16.5. The van der Waals surface area contributed by atoms with Crippen molar-refractivity contribution in [2.45, 2.75) is 46.7 Å². The Hall–Kier alpha value is -1.20. The highest BCUT2D eigenvalue weighted by molar-refractivity contribution is 5.37. The minimum atomic E-state index is 0.0990. The molecule has 1 aromatic heterocycles. The zero-order valence-electron chi connectivity index (χ0n) is 13.3. The van der Waals surface area contributed by atoms with Crippen LogP contribution in [0, 0.1) is 13.8 Å². The largest absolute Gasteiger partial charge is 0.378 e. The Labute approximate surface area is 121 Å². The van der Waals surface area contributed by atoms with Crippen LogP contribution in [0.4, 0.5) is 5.95 Å². The second-order valence-corrected chi connectivity index (χ2v) is 6.38. The van der Waals surface area contributed by atoms with E-state index in [9.17, 15) is 0 Å². The summed E-state index contributed by atoms with van der Waals surface area (Å²) >= 11 is 0. The molecule has 0 aromatic carbocycles. The van der Waals surface area contributed by atoms with E-state index in [0.717, 1.165) is 50.2 Å². The van der Waals surface area contributed by atoms with E-state index in [1.54, 1.807) is 0 Å². The van der Waals surface area contributed by atoms with Gasteiger partial charge in [-0.25, -0.2) is 9.97 Å². The normalized spacial score (nSPS) is 16.6. The summed E-state index contributed by atoms with van der Waals surface area (Å²) in [6.07, 6.45) is 0. The Bertz CT molecular complexity index is 438. The highest BCUT2D eigenvalue weighted by Gasteiger charge is 2.17. The molecular weight excluding hydrogens is 252 g/mol. The van der Waals surface area contributed by atoms with Crippen LogP contribution in [0.15, 0.2) is 0 Å². The Morgan fingerprint density at radius 3 is 2.15 bits per heavy atom. The van der Waals surface area contributed by atoms with Crippen LogP contribution in [0.3, 0.4) is 0 Å². The predicted molar refractivity (Wildman–Crippen MR) is 81.1 cm³/mol. The Kier molecular flexibility index (Phi) is 4.60. The first kappa shape index (κ1) is 15.2. The molecule has 0 atom stereocenters. The van der Waals surface area contributed by atoms with Crippen LogP contribution in [0.5, 0.6) is 0 Å². The minimum Gasteiger partial charge on any atom is -0.378 e. The zero-order chi connectivity index (χ0) is 14.8. The molecule has 1 aliphatic rings. The van der Waals surface area contributed by atoms with Crippen molar-refractivity contribution in [3.63, 3.8) is 0 Å². The second-order valence-electron chi connectivity index (χ2n) is 6.38. The number of morpholine rings is 1. The number of rotatable bonds is 3. The Morgan fingerprint density at radius 1 is 1.10 bits per heavy atom. The number of nitrogens with one attached hydrogen (secondary N) is 1. The molecule has 1 saturated heterocycles. The average Bonchev–Trinajstić information content (AvgIpc) is 2.37. The smallest absolute Gasteiger partial charge is 0.225 e. The summed E-state index contributed by atoms with van der Waals surface area (Å²) in [6.45, 7) is 14.7. The molecule has 2 heterocycles. The number of hydrogen-bond donors (Lipinski definition) is 1. The zero-order valence-corrected chi connectivity index (χ0v) is 13.3. The minimum absolute atomic E-state index is 0.0990. The van der Waals surface area contributed by atoms with Gasteiger partial charge in [-0.1, -0.05) is 0 Å². The van der Waals surface area contributed by atoms with Gasteiger partial charge in [0.15, 0.2) is 0 Å². The van der Waals surface area contributed by atoms with Crippen molar-refractivity contribution < 1.29 is 4.74 Å². The topological polar surface area (TPSA) is 50.3 Å². The van der Waals surface area contributed by atoms with Gasteiger partial charge in [-0.2, -0.15) is 0 Å². The molecule has 1 N–H and O–H groups in total. The fourth-order valence-electron chi connectivity index (χ4n) is 2.24. The third-order valence-corrected chi connectivity index (χ3v) is 3.50. The maximum atomic E-state index is 5.37. The maximum Gasteiger partial charge on any atom is 0.225 e. The van der Waals surface area contributed by atoms with E-state index < -0.39 is 0 Å². The van der Waals surface area contributed by atoms with E-state index in [1.807, 2.05) is 0 Å². The third-order valence-electron chi connectivity index (χ3n) is 3.50. The summed E-state index contributed by atoms with van der Waals surface area (Å²) in [7, 11) is 0. The number of hydrogen-bond acceptors (Lipinski definition) is 5. The van der Waals surface area contributed by atoms with E-state index in [-0.39, 0.29) is 5.54 Å². The van der Waals surface area contributed by atoms with Gasteiger partial charge in [0.2, 0.25) is 5.95 Å². The predicted octanol–water partition coefficient (Wildman–Crippen LogP) is 1.82. The molecule has 20 heavy (non-hydrogen) atoms. The van der Waals surface area contributed by atoms with Crippen LogP contribution in [0.25, 0.3) is 0 Å². The molecule has 0 unspecified atom stereocenters. The molecular formula is C15H26N4O. The molecule has 0 bridgehead atoms. The molecule has 0 aliphatic carbocycles. The number of anilines is 1. The van der Waals surface area contributed by atoms with Gasteiger partial charge in [-0.15, -0.1) is 0 Å². The molecule has 112 valence electrons. The Morgan fingerprint density at radius 2 is 1.65 bits per heavy atom. The molecule has 2 rings (SSSR count). The lowest BCUT2D eigenvalue weighted by molar-refractivity contribution is 0.122. The lowest BCUT2D eigenvalue weighted by Gasteiger charge is -2.28. The van der Waals surface area contributed by atoms with Gasteiger partial charge in [0.25, 0.3) is 0 Å². The quantitative estimate of drug-likeness (QED) is 0.914. The van der Waals surface area contributed by atoms with Gasteiger partial charge >= 0.3 is 0 Å². The molecule has 0 saturated carbocycles. The monoisotopic (exact) mass is 278 g/mol. The SMILES string of the molecule is Cc1nc(N2CCOCC2)nc(C)c1CNC(C)(C)C. The molecule has 1 aliphatic heterocycles. The summed E-state index contributed by atoms with van der Waals surface area (Å²) in [6, 6.07) is 0. The lowest BCUT2D eigenvalue weighted by atomic mass is 10.1. The van der Waals surface area contributed by atoms with Crippen molar-refractivity contribution in [3.05, 3.63) is 17.0 Å². The molecule has 1 fully saturated rings. The first-order valence-electron chi connectivity index (χ1n) is 7.28. The number of nitrogens with zero attached hydrogens (tertiary/aromatic N) is 3. The maximum absolute atomic E-state index is 5.37. The van der Waals surface area contributed by atoms with Gasteiger partial charge in [-0.05, 0) is 34.6 Å². The first-order chi connectivity index (χ1) is 9.37. The van der Waals surface area contributed by atoms with Crippen LogP contribution < -0.4 is 10.2 Å². The first-order valence-corrected chi connectivity index (χ1v) is 7.28. The fraction of sp³-hybridized carbons (Fsp3) is 0.733. The van der Waals surface area contributed by atoms with Crippen molar-refractivity contribution in [1.82, 2.24) is 15.3 Å². The highest BCUT2D eigenvalue weighted by Crippen LogP contribution is 2.17. The molecule has 5 nitrogen and oxygen atoms in total. The van der Waals surface area contributed by atoms with Crippen molar-refractivity contribution in [2.75, 3.05) is 31.2 Å². The van der Waals surface area contributed by atoms with Crippen LogP contribution in [-0.4, -0.2) is 41.8 Å². The van der Waals surface area contributed by atoms with Gasteiger partial charge < -0.3 is 15.0 Å². The summed E-state index contributed by atoms with van der Waals surface area (Å²) < 4.78 is 5.37. The summed E-state index contributed by atoms with van der Waals surface area (Å²) in [5.74, 6) is 0.836. The van der Waals surface area contributed by atoms with Gasteiger partial charge in [0.1, 0.15) is 0 Å². The van der Waals surface area contributed by atoms with E-state index >= 15 is 0 Å². The van der Waals surface area contributed by atoms with Crippen molar-refractivity contribution in [1.29, 1.82) is 0 Å². The van der Waals surface area contributed by atoms with E-state index in [4.69, 9.17) is 4.74 Å². The number of ether oxygens (including phenoxy) is 1. The summed E-state index contributed by atoms with van der Waals surface area (Å²) in [5.41, 5.74) is 3.44. The molecule has 5 heteroatoms. The van der Waals surface area contributed by atoms with E-state index in [1.165, 1.54) is 5.56 Å². The van der Waals surface area contributed by atoms with Crippen LogP contribution in [0.2, 0.25) is 0 Å². The standard InChI is InChI=1S/C15H26N4O/c1-11-13(10-16-15(3,4)5)12(2)18-14(17-11)19-6-8-20-9-7-19/h16H,6-10H2,1-5H3. The second kappa shape index (κ2) is 6.06. The molecule has 0 radical (unpaired) electrons. The van der Waals surface area contributed by atoms with E-state index in [2.05, 4.69) is 54.8 Å². The van der Waals surface area contributed by atoms with E-state index in [0.29, 0.717) is 0 Å². The fourth-order valence-corrected chi connectivity index (χ4v) is 2.24. The lowest BCUT2D eigenvalue weighted by Crippen LogP contribution is -2.38. The van der Waals surface area contributed by atoms with Crippen LogP contribution in [-0.2, 0) is 11.3 Å². The van der Waals surface area contributed by atoms with Gasteiger partial charge in [-0.3, -0.25) is 0 Å². The van der Waals surface area contributed by atoms with Crippen LogP contribution >= 0.6 is 0 Å². The Balaban J connectivity index is 2.15. The number of aromatic nitrogens is 2. The summed E-state index contributed by atoms with van der Waals surface area (Å²) in [5, 5.41) is 3.51. The summed E-state index contributed by atoms with van der Waals surface area (Å²) in [4.78, 5) is 11.6. The molecule has 0 spiro atoms. The average molecular weight is 278 g/mol. The molecule has 0 amide bonds. The van der Waals surface area contributed by atoms with Crippen molar-refractivity contribution >= 4 is 5.95 Å². The van der Waals surface area contributed by atoms with Crippen molar-refractivity contribution in [3.8, 4) is 0 Å². The van der Waals surface area contributed by atoms with Gasteiger partial charge in [0.05, 0.1) is 13.2 Å². The van der Waals surface area contributed by atoms with Gasteiger partial charge in [0, 0.05) is 42.1 Å². The van der Waals surface area contributed by atoms with Crippen molar-refractivity contribution in [2.24, 2.45) is 0 Å². The van der Waals surface area contributed by atoms with Crippen LogP contribution in [0.1, 0.15) is 37.7 Å². The number of aryl methyl sites for hydroxylation is 2. The molecule has 1 aromatic rings.